The lowest BCUT2D eigenvalue weighted by Gasteiger charge is -2.20. The van der Waals surface area contributed by atoms with E-state index < -0.39 is 11.8 Å². The number of hydrogen-bond donors (Lipinski definition) is 0. The Kier molecular flexibility index (Phi) is 4.66. The van der Waals surface area contributed by atoms with E-state index in [0.29, 0.717) is 0 Å². The highest BCUT2D eigenvalue weighted by Gasteiger charge is 2.32. The van der Waals surface area contributed by atoms with Crippen LogP contribution in [0, 0.1) is 0 Å². The Morgan fingerprint density at radius 3 is 2.35 bits per heavy atom. The highest BCUT2D eigenvalue weighted by atomic mass is 16.7. The minimum atomic E-state index is -0.721. The molecule has 5 nitrogen and oxygen atoms in total. The van der Waals surface area contributed by atoms with Gasteiger partial charge in [-0.15, -0.1) is 0 Å². The molecule has 1 fully saturated rings. The van der Waals surface area contributed by atoms with E-state index in [2.05, 4.69) is 5.16 Å². The largest absolute Gasteiger partial charge is 0.461 e. The Bertz CT molecular complexity index is 329. The molecule has 1 aliphatic carbocycles. The number of hydrogen-bond acceptors (Lipinski definition) is 5. The molecular formula is C12H19NO4. The van der Waals surface area contributed by atoms with Gasteiger partial charge in [0, 0.05) is 6.92 Å². The number of ketones is 1. The first-order valence-electron chi connectivity index (χ1n) is 5.93. The van der Waals surface area contributed by atoms with Gasteiger partial charge in [0.1, 0.15) is 5.60 Å². The Labute approximate surface area is 101 Å². The van der Waals surface area contributed by atoms with Crippen molar-refractivity contribution in [2.24, 2.45) is 5.16 Å². The zero-order valence-corrected chi connectivity index (χ0v) is 10.6. The van der Waals surface area contributed by atoms with Crippen LogP contribution in [0.5, 0.6) is 0 Å². The van der Waals surface area contributed by atoms with Gasteiger partial charge in [0.15, 0.2) is 5.78 Å². The Hall–Kier alpha value is -1.39. The molecule has 17 heavy (non-hydrogen) atoms. The van der Waals surface area contributed by atoms with Gasteiger partial charge in [-0.25, -0.2) is 4.79 Å². The van der Waals surface area contributed by atoms with Crippen molar-refractivity contribution in [2.45, 2.75) is 52.1 Å². The first-order chi connectivity index (χ1) is 7.98. The van der Waals surface area contributed by atoms with Crippen LogP contribution in [0.4, 0.5) is 0 Å². The lowest BCUT2D eigenvalue weighted by molar-refractivity contribution is -0.136. The lowest BCUT2D eigenvalue weighted by atomic mass is 10.1. The second-order valence-electron chi connectivity index (χ2n) is 4.46. The summed E-state index contributed by atoms with van der Waals surface area (Å²) in [7, 11) is 0. The Morgan fingerprint density at radius 2 is 1.88 bits per heavy atom. The summed E-state index contributed by atoms with van der Waals surface area (Å²) in [5.41, 5.74) is -0.618. The van der Waals surface area contributed by atoms with Gasteiger partial charge in [0.25, 0.3) is 0 Å². The molecule has 0 aromatic heterocycles. The summed E-state index contributed by atoms with van der Waals surface area (Å²) in [6, 6.07) is 0. The number of carbonyl (C=O) groups excluding carboxylic acids is 2. The van der Waals surface area contributed by atoms with Crippen molar-refractivity contribution >= 4 is 17.5 Å². The van der Waals surface area contributed by atoms with Crippen LogP contribution in [0.25, 0.3) is 0 Å². The van der Waals surface area contributed by atoms with E-state index in [-0.39, 0.29) is 17.9 Å². The van der Waals surface area contributed by atoms with Crippen LogP contribution in [-0.2, 0) is 19.2 Å². The molecule has 1 aliphatic rings. The summed E-state index contributed by atoms with van der Waals surface area (Å²) in [4.78, 5) is 28.0. The number of Topliss-reactive ketones (excluding diaryl/α,β-unsaturated/α-hetero) is 1. The molecule has 96 valence electrons. The smallest absolute Gasteiger partial charge is 0.364 e. The topological polar surface area (TPSA) is 65.0 Å². The van der Waals surface area contributed by atoms with Crippen molar-refractivity contribution in [1.82, 2.24) is 0 Å². The van der Waals surface area contributed by atoms with Gasteiger partial charge in [-0.3, -0.25) is 4.79 Å². The zero-order chi connectivity index (χ0) is 12.9. The van der Waals surface area contributed by atoms with Gasteiger partial charge >= 0.3 is 5.97 Å². The standard InChI is InChI=1S/C12H19NO4/c1-4-16-11(15)10(9(2)14)13-17-12(3)7-5-6-8-12/h4-8H2,1-3H3/b13-10-. The average molecular weight is 241 g/mol. The SMILES string of the molecule is CCOC(=O)/C(=N\OC1(C)CCCC1)C(C)=O. The molecule has 0 aromatic carbocycles. The maximum Gasteiger partial charge on any atom is 0.364 e. The van der Waals surface area contributed by atoms with Crippen LogP contribution in [-0.4, -0.2) is 29.7 Å². The number of ether oxygens (including phenoxy) is 1. The number of esters is 1. The third-order valence-corrected chi connectivity index (χ3v) is 2.82. The molecule has 0 bridgehead atoms. The summed E-state index contributed by atoms with van der Waals surface area (Å²) in [6.45, 7) is 5.10. The maximum atomic E-state index is 11.4. The van der Waals surface area contributed by atoms with Crippen molar-refractivity contribution in [1.29, 1.82) is 0 Å². The van der Waals surface area contributed by atoms with E-state index in [1.165, 1.54) is 6.92 Å². The Balaban J connectivity index is 2.70. The van der Waals surface area contributed by atoms with E-state index in [0.717, 1.165) is 25.7 Å². The van der Waals surface area contributed by atoms with Crippen LogP contribution < -0.4 is 0 Å². The predicted octanol–water partition coefficient (Wildman–Crippen LogP) is 1.84. The summed E-state index contributed by atoms with van der Waals surface area (Å²) >= 11 is 0. The molecule has 0 aliphatic heterocycles. The molecule has 0 amide bonds. The number of rotatable bonds is 5. The van der Waals surface area contributed by atoms with E-state index in [1.807, 2.05) is 6.92 Å². The fourth-order valence-corrected chi connectivity index (χ4v) is 1.81. The van der Waals surface area contributed by atoms with Crippen LogP contribution in [0.1, 0.15) is 46.5 Å². The molecule has 0 radical (unpaired) electrons. The van der Waals surface area contributed by atoms with Crippen molar-refractivity contribution in [2.75, 3.05) is 6.61 Å². The van der Waals surface area contributed by atoms with Crippen LogP contribution >= 0.6 is 0 Å². The van der Waals surface area contributed by atoms with Crippen molar-refractivity contribution < 1.29 is 19.2 Å². The quantitative estimate of drug-likeness (QED) is 0.319. The summed E-state index contributed by atoms with van der Waals surface area (Å²) in [5, 5.41) is 3.69. The predicted molar refractivity (Wildman–Crippen MR) is 62.7 cm³/mol. The van der Waals surface area contributed by atoms with Gasteiger partial charge in [-0.2, -0.15) is 0 Å². The summed E-state index contributed by atoms with van der Waals surface area (Å²) < 4.78 is 4.74. The number of nitrogens with zero attached hydrogens (tertiary/aromatic N) is 1. The molecule has 5 heteroatoms. The maximum absolute atomic E-state index is 11.4. The summed E-state index contributed by atoms with van der Waals surface area (Å²) in [5.74, 6) is -1.16. The number of carbonyl (C=O) groups is 2. The normalized spacial score (nSPS) is 18.9. The van der Waals surface area contributed by atoms with Crippen molar-refractivity contribution in [3.63, 3.8) is 0 Å². The first-order valence-corrected chi connectivity index (χ1v) is 5.93. The number of oxime groups is 1. The molecule has 0 N–H and O–H groups in total. The summed E-state index contributed by atoms with van der Waals surface area (Å²) in [6.07, 6.45) is 3.96. The molecule has 0 saturated heterocycles. The second kappa shape index (κ2) is 5.80. The molecule has 1 rings (SSSR count). The third-order valence-electron chi connectivity index (χ3n) is 2.82. The van der Waals surface area contributed by atoms with Gasteiger partial charge in [-0.1, -0.05) is 5.16 Å². The van der Waals surface area contributed by atoms with Gasteiger partial charge in [0.05, 0.1) is 6.61 Å². The Morgan fingerprint density at radius 1 is 1.29 bits per heavy atom. The van der Waals surface area contributed by atoms with E-state index >= 15 is 0 Å². The molecule has 1 saturated carbocycles. The minimum Gasteiger partial charge on any atom is -0.461 e. The first kappa shape index (κ1) is 13.7. The second-order valence-corrected chi connectivity index (χ2v) is 4.46. The highest BCUT2D eigenvalue weighted by molar-refractivity contribution is 6.63. The molecule has 0 heterocycles. The zero-order valence-electron chi connectivity index (χ0n) is 10.6. The van der Waals surface area contributed by atoms with Crippen molar-refractivity contribution in [3.05, 3.63) is 0 Å². The van der Waals surface area contributed by atoms with Crippen molar-refractivity contribution in [3.8, 4) is 0 Å². The van der Waals surface area contributed by atoms with Gasteiger partial charge in [-0.05, 0) is 39.5 Å². The van der Waals surface area contributed by atoms with Crippen LogP contribution in [0.2, 0.25) is 0 Å². The van der Waals surface area contributed by atoms with Gasteiger partial charge < -0.3 is 9.57 Å². The fraction of sp³-hybridized carbons (Fsp3) is 0.750. The van der Waals surface area contributed by atoms with E-state index in [1.54, 1.807) is 6.92 Å². The van der Waals surface area contributed by atoms with Gasteiger partial charge in [0.2, 0.25) is 5.71 Å². The monoisotopic (exact) mass is 241 g/mol. The van der Waals surface area contributed by atoms with E-state index in [9.17, 15) is 9.59 Å². The molecule has 0 aromatic rings. The third kappa shape index (κ3) is 3.84. The van der Waals surface area contributed by atoms with Crippen LogP contribution in [0.15, 0.2) is 5.16 Å². The fourth-order valence-electron chi connectivity index (χ4n) is 1.81. The molecular weight excluding hydrogens is 222 g/mol. The highest BCUT2D eigenvalue weighted by Crippen LogP contribution is 2.32. The minimum absolute atomic E-state index is 0.211. The van der Waals surface area contributed by atoms with Crippen LogP contribution in [0.3, 0.4) is 0 Å². The molecule has 0 unspecified atom stereocenters. The lowest BCUT2D eigenvalue weighted by Crippen LogP contribution is -2.28. The molecule has 0 spiro atoms. The molecule has 0 atom stereocenters. The van der Waals surface area contributed by atoms with E-state index in [4.69, 9.17) is 9.57 Å². The average Bonchev–Trinajstić information content (AvgIpc) is 2.65.